The Morgan fingerprint density at radius 1 is 0.667 bits per heavy atom. The van der Waals surface area contributed by atoms with Crippen molar-refractivity contribution in [3.05, 3.63) is 120 Å². The Morgan fingerprint density at radius 2 is 1.31 bits per heavy atom. The van der Waals surface area contributed by atoms with Gasteiger partial charge in [-0.3, -0.25) is 14.4 Å². The average Bonchev–Trinajstić information content (AvgIpc) is 2.97. The maximum Gasteiger partial charge on any atom is 0.258 e. The van der Waals surface area contributed by atoms with Crippen molar-refractivity contribution in [3.63, 3.8) is 0 Å². The molecule has 0 spiro atoms. The number of para-hydroxylation sites is 1. The summed E-state index contributed by atoms with van der Waals surface area (Å²) in [4.78, 5) is 39.6. The Balaban J connectivity index is 1.25. The third kappa shape index (κ3) is 8.04. The minimum atomic E-state index is -0.242. The standard InChI is InChI=1S/C32H32N4O3/c1-2-36(29-14-7-4-8-15-29)32(39)25-12-9-13-28(22-25)35-31(38)23-33-26-17-19-27(20-18-26)34-30(37)21-16-24-10-5-3-6-11-24/h3-15,17-20,22,33H,2,16,21,23H2,1H3,(H,34,37)(H,35,38). The van der Waals surface area contributed by atoms with Crippen LogP contribution >= 0.6 is 0 Å². The van der Waals surface area contributed by atoms with Gasteiger partial charge < -0.3 is 20.9 Å². The molecule has 0 aliphatic rings. The summed E-state index contributed by atoms with van der Waals surface area (Å²) in [5, 5.41) is 8.81. The molecule has 4 aromatic carbocycles. The fourth-order valence-corrected chi connectivity index (χ4v) is 4.12. The first-order valence-electron chi connectivity index (χ1n) is 13.0. The van der Waals surface area contributed by atoms with Crippen molar-refractivity contribution in [1.29, 1.82) is 0 Å². The monoisotopic (exact) mass is 520 g/mol. The molecule has 7 nitrogen and oxygen atoms in total. The van der Waals surface area contributed by atoms with Crippen molar-refractivity contribution in [3.8, 4) is 0 Å². The molecule has 3 N–H and O–H groups in total. The highest BCUT2D eigenvalue weighted by molar-refractivity contribution is 6.07. The Morgan fingerprint density at radius 3 is 2.00 bits per heavy atom. The number of nitrogens with zero attached hydrogens (tertiary/aromatic N) is 1. The van der Waals surface area contributed by atoms with E-state index in [1.54, 1.807) is 41.3 Å². The van der Waals surface area contributed by atoms with Crippen LogP contribution in [0.1, 0.15) is 29.3 Å². The Kier molecular flexibility index (Phi) is 9.45. The zero-order valence-electron chi connectivity index (χ0n) is 21.9. The molecular formula is C32H32N4O3. The van der Waals surface area contributed by atoms with Crippen molar-refractivity contribution < 1.29 is 14.4 Å². The first kappa shape index (κ1) is 27.1. The maximum absolute atomic E-state index is 13.1. The van der Waals surface area contributed by atoms with Crippen LogP contribution in [0, 0.1) is 0 Å². The van der Waals surface area contributed by atoms with Gasteiger partial charge in [-0.25, -0.2) is 0 Å². The van der Waals surface area contributed by atoms with Gasteiger partial charge in [-0.05, 0) is 73.5 Å². The first-order chi connectivity index (χ1) is 19.0. The number of hydrogen-bond donors (Lipinski definition) is 3. The fraction of sp³-hybridized carbons (Fsp3) is 0.156. The first-order valence-corrected chi connectivity index (χ1v) is 13.0. The molecule has 0 aliphatic heterocycles. The molecule has 39 heavy (non-hydrogen) atoms. The molecule has 0 bridgehead atoms. The third-order valence-electron chi connectivity index (χ3n) is 6.13. The highest BCUT2D eigenvalue weighted by atomic mass is 16.2. The Labute approximate surface area is 228 Å². The van der Waals surface area contributed by atoms with Crippen LogP contribution in [-0.2, 0) is 16.0 Å². The Bertz CT molecular complexity index is 1390. The van der Waals surface area contributed by atoms with Gasteiger partial charge in [0, 0.05) is 41.3 Å². The molecule has 0 atom stereocenters. The molecule has 0 unspecified atom stereocenters. The van der Waals surface area contributed by atoms with Crippen molar-refractivity contribution in [2.24, 2.45) is 0 Å². The lowest BCUT2D eigenvalue weighted by Crippen LogP contribution is -2.30. The molecule has 0 saturated carbocycles. The van der Waals surface area contributed by atoms with E-state index in [-0.39, 0.29) is 24.3 Å². The van der Waals surface area contributed by atoms with Gasteiger partial charge in [0.15, 0.2) is 0 Å². The molecule has 4 aromatic rings. The minimum Gasteiger partial charge on any atom is -0.376 e. The van der Waals surface area contributed by atoms with E-state index in [2.05, 4.69) is 16.0 Å². The lowest BCUT2D eigenvalue weighted by atomic mass is 10.1. The molecule has 0 aromatic heterocycles. The van der Waals surface area contributed by atoms with Crippen molar-refractivity contribution >= 4 is 40.5 Å². The van der Waals surface area contributed by atoms with E-state index in [1.165, 1.54) is 0 Å². The second-order valence-corrected chi connectivity index (χ2v) is 8.98. The Hall–Kier alpha value is -4.91. The van der Waals surface area contributed by atoms with Gasteiger partial charge in [0.05, 0.1) is 6.54 Å². The van der Waals surface area contributed by atoms with Gasteiger partial charge in [-0.15, -0.1) is 0 Å². The number of carbonyl (C=O) groups excluding carboxylic acids is 3. The molecule has 0 fully saturated rings. The molecule has 4 rings (SSSR count). The maximum atomic E-state index is 13.1. The summed E-state index contributed by atoms with van der Waals surface area (Å²) in [7, 11) is 0. The zero-order valence-corrected chi connectivity index (χ0v) is 21.9. The zero-order chi connectivity index (χ0) is 27.5. The number of anilines is 4. The topological polar surface area (TPSA) is 90.5 Å². The quantitative estimate of drug-likeness (QED) is 0.227. The van der Waals surface area contributed by atoms with Crippen LogP contribution in [0.5, 0.6) is 0 Å². The fourth-order valence-electron chi connectivity index (χ4n) is 4.12. The summed E-state index contributed by atoms with van der Waals surface area (Å²) in [5.41, 5.74) is 4.43. The third-order valence-corrected chi connectivity index (χ3v) is 6.13. The second-order valence-electron chi connectivity index (χ2n) is 8.98. The normalized spacial score (nSPS) is 10.4. The van der Waals surface area contributed by atoms with E-state index in [1.807, 2.05) is 79.7 Å². The number of amides is 3. The number of benzene rings is 4. The summed E-state index contributed by atoms with van der Waals surface area (Å²) in [5.74, 6) is -0.427. The SMILES string of the molecule is CCN(C(=O)c1cccc(NC(=O)CNc2ccc(NC(=O)CCc3ccccc3)cc2)c1)c1ccccc1. The van der Waals surface area contributed by atoms with Crippen molar-refractivity contribution in [2.45, 2.75) is 19.8 Å². The molecular weight excluding hydrogens is 488 g/mol. The van der Waals surface area contributed by atoms with Crippen LogP contribution in [0.25, 0.3) is 0 Å². The minimum absolute atomic E-state index is 0.0477. The van der Waals surface area contributed by atoms with E-state index >= 15 is 0 Å². The number of nitrogens with one attached hydrogen (secondary N) is 3. The average molecular weight is 521 g/mol. The summed E-state index contributed by atoms with van der Waals surface area (Å²) < 4.78 is 0. The van der Waals surface area contributed by atoms with Crippen LogP contribution in [0.2, 0.25) is 0 Å². The van der Waals surface area contributed by atoms with E-state index in [9.17, 15) is 14.4 Å². The summed E-state index contributed by atoms with van der Waals surface area (Å²) in [6.07, 6.45) is 1.09. The smallest absolute Gasteiger partial charge is 0.258 e. The molecule has 3 amide bonds. The van der Waals surface area contributed by atoms with Gasteiger partial charge in [0.25, 0.3) is 5.91 Å². The van der Waals surface area contributed by atoms with Crippen LogP contribution in [0.3, 0.4) is 0 Å². The number of rotatable bonds is 11. The highest BCUT2D eigenvalue weighted by Gasteiger charge is 2.16. The van der Waals surface area contributed by atoms with E-state index in [0.717, 1.165) is 16.9 Å². The van der Waals surface area contributed by atoms with E-state index < -0.39 is 0 Å². The van der Waals surface area contributed by atoms with Crippen molar-refractivity contribution in [2.75, 3.05) is 33.9 Å². The summed E-state index contributed by atoms with van der Waals surface area (Å²) in [6.45, 7) is 2.50. The number of carbonyl (C=O) groups is 3. The lowest BCUT2D eigenvalue weighted by molar-refractivity contribution is -0.116. The van der Waals surface area contributed by atoms with E-state index in [0.29, 0.717) is 36.3 Å². The van der Waals surface area contributed by atoms with Gasteiger partial charge in [-0.2, -0.15) is 0 Å². The molecule has 0 radical (unpaired) electrons. The van der Waals surface area contributed by atoms with Gasteiger partial charge >= 0.3 is 0 Å². The predicted molar refractivity (Wildman–Crippen MR) is 157 cm³/mol. The largest absolute Gasteiger partial charge is 0.376 e. The van der Waals surface area contributed by atoms with E-state index in [4.69, 9.17) is 0 Å². The number of aryl methyl sites for hydroxylation is 1. The van der Waals surface area contributed by atoms with Gasteiger partial charge in [0.2, 0.25) is 11.8 Å². The number of hydrogen-bond acceptors (Lipinski definition) is 4. The van der Waals surface area contributed by atoms with Crippen LogP contribution in [-0.4, -0.2) is 30.8 Å². The molecule has 198 valence electrons. The predicted octanol–water partition coefficient (Wildman–Crippen LogP) is 5.98. The molecule has 0 saturated heterocycles. The summed E-state index contributed by atoms with van der Waals surface area (Å²) >= 11 is 0. The highest BCUT2D eigenvalue weighted by Crippen LogP contribution is 2.19. The molecule has 7 heteroatoms. The van der Waals surface area contributed by atoms with Gasteiger partial charge in [0.1, 0.15) is 0 Å². The molecule has 0 heterocycles. The summed E-state index contributed by atoms with van der Waals surface area (Å²) in [6, 6.07) is 33.5. The van der Waals surface area contributed by atoms with Crippen molar-refractivity contribution in [1.82, 2.24) is 0 Å². The second kappa shape index (κ2) is 13.6. The van der Waals surface area contributed by atoms with Gasteiger partial charge in [-0.1, -0.05) is 54.6 Å². The molecule has 0 aliphatic carbocycles. The van der Waals surface area contributed by atoms with Crippen LogP contribution in [0.15, 0.2) is 109 Å². The lowest BCUT2D eigenvalue weighted by Gasteiger charge is -2.21. The van der Waals surface area contributed by atoms with Crippen LogP contribution in [0.4, 0.5) is 22.7 Å². The van der Waals surface area contributed by atoms with Crippen LogP contribution < -0.4 is 20.9 Å².